The summed E-state index contributed by atoms with van der Waals surface area (Å²) in [6.07, 6.45) is 0.834. The first-order valence-electron chi connectivity index (χ1n) is 9.28. The Hall–Kier alpha value is -3.68. The number of ketones is 1. The highest BCUT2D eigenvalue weighted by Crippen LogP contribution is 2.16. The van der Waals surface area contributed by atoms with Crippen molar-refractivity contribution >= 4 is 29.7 Å². The molecule has 2 N–H and O–H groups in total. The van der Waals surface area contributed by atoms with E-state index in [9.17, 15) is 19.5 Å². The van der Waals surface area contributed by atoms with Crippen LogP contribution in [0, 0.1) is 0 Å². The highest BCUT2D eigenvalue weighted by Gasteiger charge is 2.26. The maximum absolute atomic E-state index is 12.5. The van der Waals surface area contributed by atoms with Crippen LogP contribution < -0.4 is 5.32 Å². The van der Waals surface area contributed by atoms with Gasteiger partial charge in [-0.25, -0.2) is 4.79 Å². The van der Waals surface area contributed by atoms with Gasteiger partial charge in [0.15, 0.2) is 0 Å². The number of benzene rings is 1. The quantitative estimate of drug-likeness (QED) is 0.196. The fraction of sp³-hybridized carbons (Fsp3) is 0.474. The third-order valence-corrected chi connectivity index (χ3v) is 4.27. The van der Waals surface area contributed by atoms with Gasteiger partial charge in [0.25, 0.3) is 11.7 Å². The van der Waals surface area contributed by atoms with E-state index in [0.29, 0.717) is 19.1 Å². The van der Waals surface area contributed by atoms with Crippen molar-refractivity contribution < 1.29 is 24.3 Å². The summed E-state index contributed by atoms with van der Waals surface area (Å²) in [5, 5.41) is 15.3. The van der Waals surface area contributed by atoms with E-state index in [0.717, 1.165) is 0 Å². The second-order valence-electron chi connectivity index (χ2n) is 7.51. The summed E-state index contributed by atoms with van der Waals surface area (Å²) < 4.78 is 0. The Labute approximate surface area is 173 Å². The Morgan fingerprint density at radius 2 is 1.97 bits per heavy atom. The van der Waals surface area contributed by atoms with Gasteiger partial charge in [0, 0.05) is 28.2 Å². The monoisotopic (exact) mass is 415 g/mol. The molecule has 1 aromatic carbocycles. The molecule has 0 aliphatic heterocycles. The van der Waals surface area contributed by atoms with E-state index in [1.54, 1.807) is 20.8 Å². The highest BCUT2D eigenvalue weighted by molar-refractivity contribution is 6.28. The normalized spacial score (nSPS) is 11.4. The second-order valence-corrected chi connectivity index (χ2v) is 7.51. The molecular formula is C19H25N7O4. The van der Waals surface area contributed by atoms with Gasteiger partial charge in [-0.3, -0.25) is 9.59 Å². The number of nitrogens with one attached hydrogen (secondary N) is 1. The van der Waals surface area contributed by atoms with Gasteiger partial charge < -0.3 is 20.9 Å². The van der Waals surface area contributed by atoms with Gasteiger partial charge in [0.2, 0.25) is 0 Å². The number of azide groups is 1. The molecule has 0 unspecified atom stereocenters. The van der Waals surface area contributed by atoms with Crippen LogP contribution in [0.3, 0.4) is 0 Å². The van der Waals surface area contributed by atoms with Crippen LogP contribution in [0.1, 0.15) is 50.4 Å². The predicted molar refractivity (Wildman–Crippen MR) is 110 cm³/mol. The Balaban J connectivity index is 2.81. The zero-order valence-electron chi connectivity index (χ0n) is 17.1. The molecule has 11 nitrogen and oxygen atoms in total. The lowest BCUT2D eigenvalue weighted by atomic mass is 10.0. The van der Waals surface area contributed by atoms with Crippen LogP contribution in [0.2, 0.25) is 0 Å². The van der Waals surface area contributed by atoms with Gasteiger partial charge >= 0.3 is 12.3 Å². The Morgan fingerprint density at radius 1 is 1.27 bits per heavy atom. The van der Waals surface area contributed by atoms with Gasteiger partial charge in [-0.05, 0) is 57.7 Å². The van der Waals surface area contributed by atoms with Crippen molar-refractivity contribution in [3.05, 3.63) is 45.8 Å². The number of hydrogen-bond acceptors (Lipinski definition) is 4. The molecule has 0 heterocycles. The van der Waals surface area contributed by atoms with Gasteiger partial charge in [-0.15, -0.1) is 0 Å². The SMILES string of the molecule is CC(C)(C)N(CCCC[C@H](NC(=O)c1cccc(N=[N+]=[N-])c1)C(=O)C=[N+]=[N-])C(=O)O. The molecule has 0 bridgehead atoms. The first-order chi connectivity index (χ1) is 14.1. The molecule has 1 aromatic rings. The minimum Gasteiger partial charge on any atom is -0.465 e. The molecule has 0 spiro atoms. The van der Waals surface area contributed by atoms with E-state index in [2.05, 4.69) is 20.1 Å². The summed E-state index contributed by atoms with van der Waals surface area (Å²) in [5.41, 5.74) is 17.0. The molecule has 0 saturated heterocycles. The summed E-state index contributed by atoms with van der Waals surface area (Å²) in [6.45, 7) is 5.64. The summed E-state index contributed by atoms with van der Waals surface area (Å²) in [7, 11) is 0. The Kier molecular flexibility index (Phi) is 9.22. The largest absolute Gasteiger partial charge is 0.465 e. The third-order valence-electron chi connectivity index (χ3n) is 4.27. The summed E-state index contributed by atoms with van der Waals surface area (Å²) >= 11 is 0. The lowest BCUT2D eigenvalue weighted by molar-refractivity contribution is -0.118. The molecule has 11 heteroatoms. The van der Waals surface area contributed by atoms with E-state index in [1.807, 2.05) is 0 Å². The number of nitrogens with zero attached hydrogens (tertiary/aromatic N) is 6. The fourth-order valence-electron chi connectivity index (χ4n) is 2.77. The lowest BCUT2D eigenvalue weighted by Crippen LogP contribution is -2.45. The Morgan fingerprint density at radius 3 is 2.53 bits per heavy atom. The molecule has 0 aliphatic rings. The molecule has 0 radical (unpaired) electrons. The fourth-order valence-corrected chi connectivity index (χ4v) is 2.77. The van der Waals surface area contributed by atoms with Gasteiger partial charge in [-0.2, -0.15) is 4.79 Å². The van der Waals surface area contributed by atoms with Gasteiger partial charge in [0.1, 0.15) is 0 Å². The molecule has 160 valence electrons. The minimum atomic E-state index is -1.03. The third kappa shape index (κ3) is 7.75. The molecular weight excluding hydrogens is 390 g/mol. The van der Waals surface area contributed by atoms with Crippen LogP contribution in [-0.4, -0.2) is 56.9 Å². The van der Waals surface area contributed by atoms with E-state index < -0.39 is 29.4 Å². The number of carboxylic acid groups (broad SMARTS) is 1. The second kappa shape index (κ2) is 11.4. The van der Waals surface area contributed by atoms with E-state index >= 15 is 0 Å². The molecule has 0 saturated carbocycles. The van der Waals surface area contributed by atoms with Gasteiger partial charge in [0.05, 0.1) is 6.04 Å². The number of hydrogen-bond donors (Lipinski definition) is 2. The molecule has 1 atom stereocenters. The average Bonchev–Trinajstić information content (AvgIpc) is 2.66. The number of amides is 2. The number of unbranched alkanes of at least 4 members (excludes halogenated alkanes) is 1. The highest BCUT2D eigenvalue weighted by atomic mass is 16.4. The van der Waals surface area contributed by atoms with Crippen molar-refractivity contribution in [1.82, 2.24) is 10.2 Å². The van der Waals surface area contributed by atoms with Crippen molar-refractivity contribution in [2.24, 2.45) is 5.11 Å². The smallest absolute Gasteiger partial charge is 0.407 e. The van der Waals surface area contributed by atoms with E-state index in [1.165, 1.54) is 29.2 Å². The van der Waals surface area contributed by atoms with Crippen LogP contribution in [-0.2, 0) is 4.79 Å². The standard InChI is InChI=1S/C19H25N7O4/c1-19(2,3)26(18(29)30)10-5-4-9-15(16(27)12-22-20)23-17(28)13-7-6-8-14(11-13)24-25-21/h6-8,11-12,15H,4-5,9-10H2,1-3H3,(H,23,28)(H,29,30)/t15-/m0/s1. The maximum Gasteiger partial charge on any atom is 0.407 e. The molecule has 0 aromatic heterocycles. The minimum absolute atomic E-state index is 0.198. The summed E-state index contributed by atoms with van der Waals surface area (Å²) in [6, 6.07) is 5.00. The zero-order valence-corrected chi connectivity index (χ0v) is 17.1. The van der Waals surface area contributed by atoms with E-state index in [-0.39, 0.29) is 24.2 Å². The molecule has 2 amide bonds. The summed E-state index contributed by atoms with van der Waals surface area (Å²) in [5.74, 6) is -1.15. The maximum atomic E-state index is 12.5. The van der Waals surface area contributed by atoms with Crippen LogP contribution >= 0.6 is 0 Å². The van der Waals surface area contributed by atoms with Crippen molar-refractivity contribution in [3.63, 3.8) is 0 Å². The topological polar surface area (TPSA) is 172 Å². The molecule has 30 heavy (non-hydrogen) atoms. The van der Waals surface area contributed by atoms with Crippen LogP contribution in [0.25, 0.3) is 16.0 Å². The summed E-state index contributed by atoms with van der Waals surface area (Å²) in [4.78, 5) is 42.7. The van der Waals surface area contributed by atoms with Crippen molar-refractivity contribution in [1.29, 1.82) is 0 Å². The predicted octanol–water partition coefficient (Wildman–Crippen LogP) is 3.55. The number of rotatable bonds is 10. The van der Waals surface area contributed by atoms with Gasteiger partial charge in [-0.1, -0.05) is 17.2 Å². The molecule has 0 aliphatic carbocycles. The van der Waals surface area contributed by atoms with Crippen LogP contribution in [0.4, 0.5) is 10.5 Å². The Bertz CT molecular complexity index is 881. The van der Waals surface area contributed by atoms with Crippen molar-refractivity contribution in [2.45, 2.75) is 51.6 Å². The number of carbonyl (C=O) groups excluding carboxylic acids is 2. The average molecular weight is 415 g/mol. The van der Waals surface area contributed by atoms with Crippen molar-refractivity contribution in [2.75, 3.05) is 6.54 Å². The number of Topliss-reactive ketones (excluding diaryl/α,β-unsaturated/α-hetero) is 1. The van der Waals surface area contributed by atoms with Crippen molar-refractivity contribution in [3.8, 4) is 0 Å². The molecule has 0 fully saturated rings. The van der Waals surface area contributed by atoms with Crippen LogP contribution in [0.15, 0.2) is 29.4 Å². The number of carbonyl (C=O) groups is 3. The molecule has 1 rings (SSSR count). The lowest BCUT2D eigenvalue weighted by Gasteiger charge is -2.33. The first-order valence-corrected chi connectivity index (χ1v) is 9.28. The first kappa shape index (κ1) is 24.4. The van der Waals surface area contributed by atoms with E-state index in [4.69, 9.17) is 11.1 Å². The van der Waals surface area contributed by atoms with Crippen LogP contribution in [0.5, 0.6) is 0 Å². The zero-order chi connectivity index (χ0) is 22.7.